The summed E-state index contributed by atoms with van der Waals surface area (Å²) in [6.07, 6.45) is 0.120. The molecule has 1 amide bonds. The van der Waals surface area contributed by atoms with E-state index in [-0.39, 0.29) is 11.6 Å². The molecule has 2 atom stereocenters. The maximum atomic E-state index is 11.4. The summed E-state index contributed by atoms with van der Waals surface area (Å²) in [5.41, 5.74) is 0.958. The molecule has 2 rings (SSSR count). The number of amides is 1. The van der Waals surface area contributed by atoms with Gasteiger partial charge >= 0.3 is 6.09 Å². The highest BCUT2D eigenvalue weighted by Gasteiger charge is 2.49. The first-order valence-corrected chi connectivity index (χ1v) is 7.61. The van der Waals surface area contributed by atoms with E-state index < -0.39 is 6.09 Å². The van der Waals surface area contributed by atoms with Gasteiger partial charge in [-0.25, -0.2) is 4.79 Å². The first-order valence-electron chi connectivity index (χ1n) is 6.00. The van der Waals surface area contributed by atoms with Crippen LogP contribution in [0.2, 0.25) is 0 Å². The van der Waals surface area contributed by atoms with Crippen molar-refractivity contribution in [1.82, 2.24) is 4.90 Å². The lowest BCUT2D eigenvalue weighted by Crippen LogP contribution is -2.46. The molecular formula is C13H18BrNO2S. The van der Waals surface area contributed by atoms with Crippen molar-refractivity contribution in [3.8, 4) is 0 Å². The van der Waals surface area contributed by atoms with E-state index in [9.17, 15) is 9.90 Å². The van der Waals surface area contributed by atoms with Crippen molar-refractivity contribution in [3.63, 3.8) is 0 Å². The van der Waals surface area contributed by atoms with Crippen molar-refractivity contribution in [2.75, 3.05) is 0 Å². The fourth-order valence-corrected chi connectivity index (χ4v) is 4.34. The summed E-state index contributed by atoms with van der Waals surface area (Å²) in [5.74, 6) is 0.364. The van der Waals surface area contributed by atoms with Crippen LogP contribution in [-0.2, 0) is 0 Å². The van der Waals surface area contributed by atoms with Gasteiger partial charge in [0.15, 0.2) is 0 Å². The third kappa shape index (κ3) is 2.57. The minimum Gasteiger partial charge on any atom is -0.465 e. The average Bonchev–Trinajstić information content (AvgIpc) is 2.83. The minimum absolute atomic E-state index is 0.127. The van der Waals surface area contributed by atoms with Crippen LogP contribution in [0.4, 0.5) is 4.79 Å². The summed E-state index contributed by atoms with van der Waals surface area (Å²) in [6, 6.07) is 2.26. The number of nitrogens with zero attached hydrogens (tertiary/aromatic N) is 1. The molecule has 0 aromatic carbocycles. The Morgan fingerprint density at radius 3 is 2.56 bits per heavy atom. The van der Waals surface area contributed by atoms with Gasteiger partial charge in [0.1, 0.15) is 0 Å². The number of hydrogen-bond acceptors (Lipinski definition) is 2. The summed E-state index contributed by atoms with van der Waals surface area (Å²) < 4.78 is 1.12. The zero-order chi connectivity index (χ0) is 13.7. The van der Waals surface area contributed by atoms with Crippen LogP contribution in [0.5, 0.6) is 0 Å². The maximum absolute atomic E-state index is 11.4. The molecule has 1 N–H and O–H groups in total. The van der Waals surface area contributed by atoms with Crippen LogP contribution < -0.4 is 0 Å². The summed E-state index contributed by atoms with van der Waals surface area (Å²) in [6.45, 7) is 7.95. The van der Waals surface area contributed by atoms with Gasteiger partial charge in [-0.1, -0.05) is 0 Å². The van der Waals surface area contributed by atoms with Crippen LogP contribution in [0.1, 0.15) is 43.6 Å². The lowest BCUT2D eigenvalue weighted by Gasteiger charge is -2.33. The Morgan fingerprint density at radius 1 is 1.56 bits per heavy atom. The van der Waals surface area contributed by atoms with Gasteiger partial charge in [0, 0.05) is 22.4 Å². The molecule has 1 heterocycles. The Balaban J connectivity index is 2.19. The van der Waals surface area contributed by atoms with Crippen LogP contribution >= 0.6 is 27.3 Å². The quantitative estimate of drug-likeness (QED) is 0.869. The van der Waals surface area contributed by atoms with Gasteiger partial charge < -0.3 is 5.11 Å². The molecule has 1 aliphatic carbocycles. The molecule has 0 radical (unpaired) electrons. The van der Waals surface area contributed by atoms with Crippen molar-refractivity contribution in [2.24, 2.45) is 0 Å². The van der Waals surface area contributed by atoms with Crippen LogP contribution in [0.3, 0.4) is 0 Å². The molecule has 1 aromatic rings. The maximum Gasteiger partial charge on any atom is 0.408 e. The number of halogens is 1. The van der Waals surface area contributed by atoms with E-state index in [0.29, 0.717) is 5.92 Å². The number of carboxylic acid groups (broad SMARTS) is 1. The molecule has 1 saturated carbocycles. The zero-order valence-corrected chi connectivity index (χ0v) is 13.4. The molecule has 0 spiro atoms. The van der Waals surface area contributed by atoms with E-state index in [2.05, 4.69) is 28.9 Å². The molecule has 18 heavy (non-hydrogen) atoms. The topological polar surface area (TPSA) is 40.5 Å². The predicted molar refractivity (Wildman–Crippen MR) is 77.5 cm³/mol. The van der Waals surface area contributed by atoms with Crippen LogP contribution in [0.15, 0.2) is 9.85 Å². The molecular weight excluding hydrogens is 314 g/mol. The average molecular weight is 332 g/mol. The standard InChI is InChI=1S/C13H18BrNO2S/c1-7-8(6-11(14)18-7)9-5-10(9)15(12(16)17)13(2,3)4/h6,9-10H,5H2,1-4H3,(H,16,17)/t9-,10+/m0/s1. The fourth-order valence-electron chi connectivity index (χ4n) is 2.55. The number of carbonyl (C=O) groups is 1. The van der Waals surface area contributed by atoms with Crippen molar-refractivity contribution < 1.29 is 9.90 Å². The number of hydrogen-bond donors (Lipinski definition) is 1. The van der Waals surface area contributed by atoms with Gasteiger partial charge in [-0.15, -0.1) is 11.3 Å². The summed E-state index contributed by atoms with van der Waals surface area (Å²) >= 11 is 5.21. The second-order valence-corrected chi connectivity index (χ2v) is 8.43. The number of aryl methyl sites for hydroxylation is 1. The first kappa shape index (κ1) is 13.9. The molecule has 0 aliphatic heterocycles. The third-order valence-electron chi connectivity index (χ3n) is 3.34. The Bertz CT molecular complexity index is 478. The molecule has 1 aliphatic rings. The summed E-state index contributed by atoms with van der Waals surface area (Å²) in [5, 5.41) is 9.38. The third-order valence-corrected chi connectivity index (χ3v) is 4.91. The van der Waals surface area contributed by atoms with Gasteiger partial charge in [0.2, 0.25) is 0 Å². The Hall–Kier alpha value is -0.550. The predicted octanol–water partition coefficient (Wildman–Crippen LogP) is 4.45. The van der Waals surface area contributed by atoms with Crippen LogP contribution in [0, 0.1) is 6.92 Å². The monoisotopic (exact) mass is 331 g/mol. The highest BCUT2D eigenvalue weighted by Crippen LogP contribution is 2.50. The normalized spacial score (nSPS) is 22.9. The summed E-state index contributed by atoms with van der Waals surface area (Å²) in [7, 11) is 0. The molecule has 1 fully saturated rings. The van der Waals surface area contributed by atoms with Crippen molar-refractivity contribution in [1.29, 1.82) is 0 Å². The van der Waals surface area contributed by atoms with Crippen LogP contribution in [0.25, 0.3) is 0 Å². The first-order chi connectivity index (χ1) is 8.21. The molecule has 0 unspecified atom stereocenters. The number of thiophene rings is 1. The van der Waals surface area contributed by atoms with Crippen LogP contribution in [-0.4, -0.2) is 27.7 Å². The van der Waals surface area contributed by atoms with Crippen molar-refractivity contribution in [3.05, 3.63) is 20.3 Å². The van der Waals surface area contributed by atoms with Gasteiger partial charge in [-0.05, 0) is 61.7 Å². The van der Waals surface area contributed by atoms with Gasteiger partial charge in [0.05, 0.1) is 3.79 Å². The molecule has 5 heteroatoms. The Morgan fingerprint density at radius 2 is 2.17 bits per heavy atom. The van der Waals surface area contributed by atoms with E-state index >= 15 is 0 Å². The molecule has 0 saturated heterocycles. The lowest BCUT2D eigenvalue weighted by atomic mass is 10.1. The SMILES string of the molecule is Cc1sc(Br)cc1[C@@H]1C[C@H]1N(C(=O)O)C(C)(C)C. The molecule has 100 valence electrons. The molecule has 3 nitrogen and oxygen atoms in total. The number of rotatable bonds is 2. The highest BCUT2D eigenvalue weighted by molar-refractivity contribution is 9.11. The van der Waals surface area contributed by atoms with E-state index in [4.69, 9.17) is 0 Å². The van der Waals surface area contributed by atoms with Gasteiger partial charge in [-0.2, -0.15) is 0 Å². The fraction of sp³-hybridized carbons (Fsp3) is 0.615. The molecule has 1 aromatic heterocycles. The van der Waals surface area contributed by atoms with Gasteiger partial charge in [-0.3, -0.25) is 4.90 Å². The second-order valence-electron chi connectivity index (χ2n) is 5.79. The Kier molecular flexibility index (Phi) is 3.49. The van der Waals surface area contributed by atoms with Crippen molar-refractivity contribution >= 4 is 33.4 Å². The Labute approximate surface area is 120 Å². The second kappa shape index (κ2) is 4.53. The van der Waals surface area contributed by atoms with Gasteiger partial charge in [0.25, 0.3) is 0 Å². The van der Waals surface area contributed by atoms with E-state index in [1.807, 2.05) is 20.8 Å². The highest BCUT2D eigenvalue weighted by atomic mass is 79.9. The van der Waals surface area contributed by atoms with Crippen molar-refractivity contribution in [2.45, 2.75) is 51.6 Å². The summed E-state index contributed by atoms with van der Waals surface area (Å²) in [4.78, 5) is 14.3. The lowest BCUT2D eigenvalue weighted by molar-refractivity contribution is 0.0940. The van der Waals surface area contributed by atoms with E-state index in [1.54, 1.807) is 16.2 Å². The smallest absolute Gasteiger partial charge is 0.408 e. The van der Waals surface area contributed by atoms with E-state index in [0.717, 1.165) is 10.2 Å². The zero-order valence-electron chi connectivity index (χ0n) is 11.0. The largest absolute Gasteiger partial charge is 0.465 e. The molecule has 0 bridgehead atoms. The van der Waals surface area contributed by atoms with E-state index in [1.165, 1.54) is 10.4 Å². The minimum atomic E-state index is -0.818.